The molecule has 226 valence electrons. The van der Waals surface area contributed by atoms with Gasteiger partial charge < -0.3 is 0 Å². The van der Waals surface area contributed by atoms with Crippen LogP contribution in [0.3, 0.4) is 0 Å². The van der Waals surface area contributed by atoms with Gasteiger partial charge in [0.25, 0.3) is 20.0 Å². The third-order valence-electron chi connectivity index (χ3n) is 8.63. The second kappa shape index (κ2) is 11.1. The molecule has 0 radical (unpaired) electrons. The number of sulfonamides is 1. The van der Waals surface area contributed by atoms with Crippen molar-refractivity contribution in [2.24, 2.45) is 0 Å². The van der Waals surface area contributed by atoms with Crippen LogP contribution in [0.2, 0.25) is 0 Å². The van der Waals surface area contributed by atoms with E-state index in [1.165, 1.54) is 8.28 Å². The summed E-state index contributed by atoms with van der Waals surface area (Å²) in [7, 11) is -8.11. The molecule has 0 unspecified atom stereocenters. The number of aromatic nitrogens is 1. The first-order valence-electron chi connectivity index (χ1n) is 14.8. The molecule has 0 fully saturated rings. The highest BCUT2D eigenvalue weighted by Crippen LogP contribution is 2.49. The predicted octanol–water partition coefficient (Wildman–Crippen LogP) is 7.45. The number of nitrogens with zero attached hydrogens (tertiary/aromatic N) is 2. The standard InChI is InChI=1S/C37H32N2O4S2/c1-26-16-20-30(21-17-26)44(40,41)38-33-14-8-6-12-29(33)25-36(38)37-32-13-7-9-15-34(32)39(35(37)24-28-10-4-3-5-11-28)45(42,43)31-22-18-27(2)19-23-31/h3-23,25,35,37H,24H2,1-2H3/t35-,37+/m1/s1. The SMILES string of the molecule is Cc1ccc(S(=O)(=O)N2c3ccccc3[C@H](c3cc4ccccc4n3S(=O)(=O)c3ccc(C)cc3)[C@H]2Cc2ccccc2)cc1. The van der Waals surface area contributed by atoms with E-state index in [2.05, 4.69) is 0 Å². The van der Waals surface area contributed by atoms with Crippen LogP contribution in [0.15, 0.2) is 143 Å². The summed E-state index contributed by atoms with van der Waals surface area (Å²) in [6.07, 6.45) is 0.372. The van der Waals surface area contributed by atoms with Gasteiger partial charge in [0.05, 0.1) is 27.0 Å². The molecule has 1 aliphatic heterocycles. The quantitative estimate of drug-likeness (QED) is 0.183. The third-order valence-corrected chi connectivity index (χ3v) is 12.2. The molecule has 7 rings (SSSR count). The minimum absolute atomic E-state index is 0.172. The molecule has 8 heteroatoms. The van der Waals surface area contributed by atoms with E-state index in [4.69, 9.17) is 0 Å². The lowest BCUT2D eigenvalue weighted by Crippen LogP contribution is -2.41. The van der Waals surface area contributed by atoms with Crippen LogP contribution in [0.5, 0.6) is 0 Å². The van der Waals surface area contributed by atoms with E-state index in [0.717, 1.165) is 27.6 Å². The predicted molar refractivity (Wildman–Crippen MR) is 179 cm³/mol. The van der Waals surface area contributed by atoms with Crippen LogP contribution >= 0.6 is 0 Å². The molecule has 2 atom stereocenters. The summed E-state index contributed by atoms with van der Waals surface area (Å²) in [6, 6.07) is 39.6. The van der Waals surface area contributed by atoms with Crippen molar-refractivity contribution in [2.75, 3.05) is 4.31 Å². The number of rotatable bonds is 7. The Kier molecular flexibility index (Phi) is 7.14. The Morgan fingerprint density at radius 2 is 1.16 bits per heavy atom. The fourth-order valence-electron chi connectivity index (χ4n) is 6.47. The summed E-state index contributed by atoms with van der Waals surface area (Å²) in [5, 5.41) is 0.763. The maximum absolute atomic E-state index is 14.6. The third kappa shape index (κ3) is 4.94. The van der Waals surface area contributed by atoms with E-state index in [9.17, 15) is 16.8 Å². The molecule has 45 heavy (non-hydrogen) atoms. The Balaban J connectivity index is 1.51. The molecule has 0 saturated heterocycles. The van der Waals surface area contributed by atoms with Crippen LogP contribution in [-0.4, -0.2) is 26.8 Å². The monoisotopic (exact) mass is 632 g/mol. The molecule has 0 amide bonds. The summed E-state index contributed by atoms with van der Waals surface area (Å²) in [5.74, 6) is -0.589. The highest BCUT2D eigenvalue weighted by atomic mass is 32.2. The van der Waals surface area contributed by atoms with E-state index < -0.39 is 32.0 Å². The van der Waals surface area contributed by atoms with Crippen molar-refractivity contribution < 1.29 is 16.8 Å². The molecule has 2 heterocycles. The van der Waals surface area contributed by atoms with Gasteiger partial charge in [0, 0.05) is 17.0 Å². The van der Waals surface area contributed by atoms with E-state index in [0.29, 0.717) is 23.3 Å². The minimum atomic E-state index is -4.07. The van der Waals surface area contributed by atoms with E-state index in [1.807, 2.05) is 92.7 Å². The molecule has 0 spiro atoms. The van der Waals surface area contributed by atoms with Crippen LogP contribution < -0.4 is 4.31 Å². The minimum Gasteiger partial charge on any atom is -0.262 e. The number of benzene rings is 5. The fraction of sp³-hybridized carbons (Fsp3) is 0.135. The average Bonchev–Trinajstić information content (AvgIpc) is 3.58. The second-order valence-electron chi connectivity index (χ2n) is 11.6. The molecule has 6 aromatic rings. The van der Waals surface area contributed by atoms with Crippen LogP contribution in [-0.2, 0) is 26.5 Å². The Labute approximate surface area is 264 Å². The molecule has 0 bridgehead atoms. The van der Waals surface area contributed by atoms with Gasteiger partial charge in [0.1, 0.15) is 0 Å². The molecule has 0 aliphatic carbocycles. The first-order valence-corrected chi connectivity index (χ1v) is 17.7. The summed E-state index contributed by atoms with van der Waals surface area (Å²) < 4.78 is 61.2. The first-order chi connectivity index (χ1) is 21.7. The zero-order valence-corrected chi connectivity index (χ0v) is 26.5. The maximum atomic E-state index is 14.6. The summed E-state index contributed by atoms with van der Waals surface area (Å²) in [5.41, 5.74) is 5.24. The molecule has 0 saturated carbocycles. The van der Waals surface area contributed by atoms with Crippen molar-refractivity contribution in [2.45, 2.75) is 42.0 Å². The van der Waals surface area contributed by atoms with Crippen molar-refractivity contribution in [1.29, 1.82) is 0 Å². The largest absolute Gasteiger partial charge is 0.268 e. The zero-order valence-electron chi connectivity index (χ0n) is 24.9. The Morgan fingerprint density at radius 1 is 0.600 bits per heavy atom. The first kappa shape index (κ1) is 29.1. The molecular formula is C37H32N2O4S2. The molecule has 6 nitrogen and oxygen atoms in total. The molecule has 5 aromatic carbocycles. The van der Waals surface area contributed by atoms with Gasteiger partial charge >= 0.3 is 0 Å². The van der Waals surface area contributed by atoms with Crippen molar-refractivity contribution in [3.63, 3.8) is 0 Å². The summed E-state index contributed by atoms with van der Waals surface area (Å²) in [6.45, 7) is 3.84. The van der Waals surface area contributed by atoms with Gasteiger partial charge in [-0.15, -0.1) is 0 Å². The van der Waals surface area contributed by atoms with Crippen LogP contribution in [0.25, 0.3) is 10.9 Å². The molecule has 0 N–H and O–H groups in total. The summed E-state index contributed by atoms with van der Waals surface area (Å²) in [4.78, 5) is 0.361. The highest BCUT2D eigenvalue weighted by molar-refractivity contribution is 7.93. The van der Waals surface area contributed by atoms with E-state index in [-0.39, 0.29) is 9.79 Å². The average molecular weight is 633 g/mol. The number of hydrogen-bond donors (Lipinski definition) is 0. The lowest BCUT2D eigenvalue weighted by atomic mass is 9.88. The van der Waals surface area contributed by atoms with Gasteiger partial charge in [-0.1, -0.05) is 102 Å². The van der Waals surface area contributed by atoms with Crippen LogP contribution in [0.4, 0.5) is 5.69 Å². The normalized spacial score (nSPS) is 16.6. The number of para-hydroxylation sites is 2. The van der Waals surface area contributed by atoms with Gasteiger partial charge in [-0.05, 0) is 73.9 Å². The van der Waals surface area contributed by atoms with Gasteiger partial charge in [-0.2, -0.15) is 0 Å². The lowest BCUT2D eigenvalue weighted by Gasteiger charge is -2.30. The van der Waals surface area contributed by atoms with Crippen LogP contribution in [0, 0.1) is 13.8 Å². The summed E-state index contributed by atoms with van der Waals surface area (Å²) >= 11 is 0. The maximum Gasteiger partial charge on any atom is 0.268 e. The van der Waals surface area contributed by atoms with E-state index >= 15 is 0 Å². The fourth-order valence-corrected chi connectivity index (χ4v) is 9.71. The molecule has 1 aliphatic rings. The lowest BCUT2D eigenvalue weighted by molar-refractivity contribution is 0.557. The Bertz CT molecular complexity index is 2240. The molecule has 1 aromatic heterocycles. The molecular weight excluding hydrogens is 601 g/mol. The number of anilines is 1. The Morgan fingerprint density at radius 3 is 1.82 bits per heavy atom. The number of aryl methyl sites for hydroxylation is 2. The van der Waals surface area contributed by atoms with Gasteiger partial charge in [0.2, 0.25) is 0 Å². The van der Waals surface area contributed by atoms with E-state index in [1.54, 1.807) is 54.6 Å². The van der Waals surface area contributed by atoms with Crippen molar-refractivity contribution in [3.05, 3.63) is 161 Å². The number of fused-ring (bicyclic) bond motifs is 2. The van der Waals surface area contributed by atoms with Crippen molar-refractivity contribution in [1.82, 2.24) is 3.97 Å². The highest BCUT2D eigenvalue weighted by Gasteiger charge is 2.47. The number of hydrogen-bond acceptors (Lipinski definition) is 4. The second-order valence-corrected chi connectivity index (χ2v) is 15.2. The van der Waals surface area contributed by atoms with Crippen LogP contribution in [0.1, 0.15) is 33.9 Å². The van der Waals surface area contributed by atoms with Gasteiger partial charge in [-0.3, -0.25) is 4.31 Å². The van der Waals surface area contributed by atoms with Gasteiger partial charge in [0.15, 0.2) is 0 Å². The Hall–Kier alpha value is -4.66. The van der Waals surface area contributed by atoms with Crippen molar-refractivity contribution in [3.8, 4) is 0 Å². The topological polar surface area (TPSA) is 76.5 Å². The smallest absolute Gasteiger partial charge is 0.262 e. The zero-order chi connectivity index (χ0) is 31.3. The van der Waals surface area contributed by atoms with Crippen molar-refractivity contribution >= 4 is 36.6 Å². The van der Waals surface area contributed by atoms with Gasteiger partial charge in [-0.25, -0.2) is 20.8 Å².